The molecule has 0 heterocycles. The van der Waals surface area contributed by atoms with Gasteiger partial charge in [-0.3, -0.25) is 4.79 Å². The van der Waals surface area contributed by atoms with Gasteiger partial charge in [-0.25, -0.2) is 4.79 Å². The predicted octanol–water partition coefficient (Wildman–Crippen LogP) is 9.78. The maximum atomic E-state index is 12.5. The lowest BCUT2D eigenvalue weighted by molar-refractivity contribution is -0.135. The smallest absolute Gasteiger partial charge is 0.431 e. The summed E-state index contributed by atoms with van der Waals surface area (Å²) in [5, 5.41) is 0. The number of esters is 1. The Bertz CT molecular complexity index is 892. The van der Waals surface area contributed by atoms with Gasteiger partial charge in [-0.05, 0) is 92.7 Å². The van der Waals surface area contributed by atoms with Crippen molar-refractivity contribution in [2.75, 3.05) is 0 Å². The lowest BCUT2D eigenvalue weighted by Gasteiger charge is -2.27. The first-order valence-electron chi connectivity index (χ1n) is 15.8. The number of benzene rings is 2. The largest absolute Gasteiger partial charge is 0.514 e. The zero-order valence-corrected chi connectivity index (χ0v) is 24.8. The van der Waals surface area contributed by atoms with Crippen molar-refractivity contribution in [3.63, 3.8) is 0 Å². The molecule has 40 heavy (non-hydrogen) atoms. The lowest BCUT2D eigenvalue weighted by Crippen LogP contribution is -2.27. The van der Waals surface area contributed by atoms with Crippen molar-refractivity contribution in [1.82, 2.24) is 0 Å². The van der Waals surface area contributed by atoms with E-state index < -0.39 is 6.16 Å². The Labute approximate surface area is 242 Å². The van der Waals surface area contributed by atoms with E-state index in [1.807, 2.05) is 36.4 Å². The lowest BCUT2D eigenvalue weighted by atomic mass is 9.85. The minimum absolute atomic E-state index is 0.170. The predicted molar refractivity (Wildman–Crippen MR) is 161 cm³/mol. The van der Waals surface area contributed by atoms with Crippen molar-refractivity contribution >= 4 is 12.1 Å². The molecular formula is C35H50O5. The Morgan fingerprint density at radius 2 is 1.10 bits per heavy atom. The molecule has 0 spiro atoms. The van der Waals surface area contributed by atoms with Crippen LogP contribution < -0.4 is 9.47 Å². The topological polar surface area (TPSA) is 61.8 Å². The van der Waals surface area contributed by atoms with Crippen molar-refractivity contribution in [2.45, 2.75) is 129 Å². The van der Waals surface area contributed by atoms with Gasteiger partial charge in [-0.1, -0.05) is 89.5 Å². The summed E-state index contributed by atoms with van der Waals surface area (Å²) >= 11 is 0. The molecule has 0 N–H and O–H groups in total. The molecule has 0 amide bonds. The molecular weight excluding hydrogens is 500 g/mol. The third-order valence-electron chi connectivity index (χ3n) is 7.93. The molecule has 0 unspecified atom stereocenters. The van der Waals surface area contributed by atoms with E-state index in [1.165, 1.54) is 75.3 Å². The summed E-state index contributed by atoms with van der Waals surface area (Å²) in [6.45, 7) is 4.46. The zero-order chi connectivity index (χ0) is 28.4. The van der Waals surface area contributed by atoms with Gasteiger partial charge in [-0.15, -0.1) is 0 Å². The molecule has 0 saturated heterocycles. The quantitative estimate of drug-likeness (QED) is 0.0849. The number of carbonyl (C=O) groups excluding carboxylic acids is 2. The van der Waals surface area contributed by atoms with Gasteiger partial charge in [0.15, 0.2) is 0 Å². The van der Waals surface area contributed by atoms with Gasteiger partial charge in [0.1, 0.15) is 17.6 Å². The van der Waals surface area contributed by atoms with Gasteiger partial charge >= 0.3 is 12.1 Å². The Morgan fingerprint density at radius 1 is 0.625 bits per heavy atom. The number of hydrogen-bond acceptors (Lipinski definition) is 5. The second kappa shape index (κ2) is 18.5. The zero-order valence-electron chi connectivity index (χ0n) is 24.8. The van der Waals surface area contributed by atoms with Crippen LogP contribution in [0.2, 0.25) is 0 Å². The summed E-state index contributed by atoms with van der Waals surface area (Å²) in [5.41, 5.74) is 2.55. The van der Waals surface area contributed by atoms with Crippen LogP contribution in [-0.4, -0.2) is 18.2 Å². The van der Waals surface area contributed by atoms with Crippen molar-refractivity contribution in [2.24, 2.45) is 5.92 Å². The van der Waals surface area contributed by atoms with Crippen molar-refractivity contribution < 1.29 is 23.8 Å². The molecule has 1 fully saturated rings. The highest BCUT2D eigenvalue weighted by atomic mass is 16.7. The van der Waals surface area contributed by atoms with Gasteiger partial charge in [-0.2, -0.15) is 0 Å². The van der Waals surface area contributed by atoms with E-state index in [-0.39, 0.29) is 18.0 Å². The summed E-state index contributed by atoms with van der Waals surface area (Å²) in [4.78, 5) is 24.8. The fourth-order valence-corrected chi connectivity index (χ4v) is 5.43. The first kappa shape index (κ1) is 31.7. The van der Waals surface area contributed by atoms with E-state index >= 15 is 0 Å². The monoisotopic (exact) mass is 550 g/mol. The van der Waals surface area contributed by atoms with Gasteiger partial charge in [0.25, 0.3) is 0 Å². The van der Waals surface area contributed by atoms with Crippen LogP contribution in [0, 0.1) is 5.92 Å². The molecule has 0 aromatic heterocycles. The third kappa shape index (κ3) is 12.6. The fraction of sp³-hybridized carbons (Fsp3) is 0.600. The molecule has 1 aliphatic carbocycles. The van der Waals surface area contributed by atoms with E-state index in [2.05, 4.69) is 26.0 Å². The second-order valence-corrected chi connectivity index (χ2v) is 11.4. The molecule has 5 nitrogen and oxygen atoms in total. The summed E-state index contributed by atoms with van der Waals surface area (Å²) in [5.74, 6) is 1.18. The highest BCUT2D eigenvalue weighted by Crippen LogP contribution is 2.30. The van der Waals surface area contributed by atoms with Crippen LogP contribution in [0.25, 0.3) is 0 Å². The van der Waals surface area contributed by atoms with Gasteiger partial charge in [0.05, 0.1) is 0 Å². The maximum Gasteiger partial charge on any atom is 0.514 e. The van der Waals surface area contributed by atoms with Crippen LogP contribution in [0.5, 0.6) is 11.5 Å². The summed E-state index contributed by atoms with van der Waals surface area (Å²) in [7, 11) is 0. The first-order chi connectivity index (χ1) is 19.6. The van der Waals surface area contributed by atoms with E-state index in [0.29, 0.717) is 17.9 Å². The molecule has 0 bridgehead atoms. The average molecular weight is 551 g/mol. The first-order valence-corrected chi connectivity index (χ1v) is 15.8. The number of ether oxygens (including phenoxy) is 3. The van der Waals surface area contributed by atoms with Crippen LogP contribution >= 0.6 is 0 Å². The van der Waals surface area contributed by atoms with Gasteiger partial charge in [0.2, 0.25) is 0 Å². The van der Waals surface area contributed by atoms with E-state index in [1.54, 1.807) is 0 Å². The standard InChI is InChI=1S/C35H50O5/c1-3-5-7-9-11-13-28-15-21-31(22-16-28)38-34(36)27-30-19-25-33(26-20-30)40-35(37)39-32-23-17-29(18-24-32)14-12-10-8-6-4-2/h15-18,21-24,30,33H,3-14,19-20,25-27H2,1-2H3. The molecule has 0 radical (unpaired) electrons. The molecule has 1 aliphatic rings. The van der Waals surface area contributed by atoms with E-state index in [4.69, 9.17) is 14.2 Å². The summed E-state index contributed by atoms with van der Waals surface area (Å²) in [6.07, 6.45) is 17.5. The number of aryl methyl sites for hydroxylation is 2. The van der Waals surface area contributed by atoms with Crippen LogP contribution in [0.3, 0.4) is 0 Å². The highest BCUT2D eigenvalue weighted by molar-refractivity contribution is 5.72. The van der Waals surface area contributed by atoms with Crippen molar-refractivity contribution in [1.29, 1.82) is 0 Å². The normalized spacial score (nSPS) is 16.9. The Morgan fingerprint density at radius 3 is 1.60 bits per heavy atom. The van der Waals surface area contributed by atoms with E-state index in [9.17, 15) is 9.59 Å². The van der Waals surface area contributed by atoms with Crippen LogP contribution in [0.4, 0.5) is 4.79 Å². The number of unbranched alkanes of at least 4 members (excludes halogenated alkanes) is 8. The molecule has 5 heteroatoms. The highest BCUT2D eigenvalue weighted by Gasteiger charge is 2.26. The fourth-order valence-electron chi connectivity index (χ4n) is 5.43. The molecule has 220 valence electrons. The van der Waals surface area contributed by atoms with Crippen LogP contribution in [-0.2, 0) is 22.4 Å². The summed E-state index contributed by atoms with van der Waals surface area (Å²) < 4.78 is 16.5. The number of carbonyl (C=O) groups is 2. The Balaban J connectivity index is 1.28. The van der Waals surface area contributed by atoms with Crippen LogP contribution in [0.15, 0.2) is 48.5 Å². The second-order valence-electron chi connectivity index (χ2n) is 11.4. The molecule has 1 saturated carbocycles. The van der Waals surface area contributed by atoms with Crippen LogP contribution in [0.1, 0.15) is 121 Å². The molecule has 3 rings (SSSR count). The van der Waals surface area contributed by atoms with Crippen molar-refractivity contribution in [3.8, 4) is 11.5 Å². The molecule has 2 aromatic rings. The van der Waals surface area contributed by atoms with Gasteiger partial charge < -0.3 is 14.2 Å². The van der Waals surface area contributed by atoms with E-state index in [0.717, 1.165) is 38.5 Å². The number of hydrogen-bond donors (Lipinski definition) is 0. The van der Waals surface area contributed by atoms with Crippen molar-refractivity contribution in [3.05, 3.63) is 59.7 Å². The summed E-state index contributed by atoms with van der Waals surface area (Å²) in [6, 6.07) is 15.7. The molecule has 0 aliphatic heterocycles. The maximum absolute atomic E-state index is 12.5. The minimum atomic E-state index is -0.653. The third-order valence-corrected chi connectivity index (χ3v) is 7.93. The minimum Gasteiger partial charge on any atom is -0.431 e. The Kier molecular flexibility index (Phi) is 14.7. The average Bonchev–Trinajstić information content (AvgIpc) is 2.95. The number of rotatable bonds is 17. The SMILES string of the molecule is CCCCCCCc1ccc(OC(=O)CC2CCC(OC(=O)Oc3ccc(CCCCCCC)cc3)CC2)cc1. The Hall–Kier alpha value is -2.82. The molecule has 2 aromatic carbocycles. The van der Waals surface area contributed by atoms with Gasteiger partial charge in [0, 0.05) is 6.42 Å². The molecule has 0 atom stereocenters.